The summed E-state index contributed by atoms with van der Waals surface area (Å²) in [5.41, 5.74) is 3.41. The van der Waals surface area contributed by atoms with Crippen LogP contribution in [0.5, 0.6) is 0 Å². The highest BCUT2D eigenvalue weighted by molar-refractivity contribution is 5.00. The molecule has 0 heterocycles. The highest BCUT2D eigenvalue weighted by Crippen LogP contribution is 2.57. The fourth-order valence-corrected chi connectivity index (χ4v) is 1.98. The zero-order valence-corrected chi connectivity index (χ0v) is 6.98. The highest BCUT2D eigenvalue weighted by Gasteiger charge is 2.49. The Balaban J connectivity index is 2.30. The van der Waals surface area contributed by atoms with Crippen LogP contribution in [0, 0.1) is 11.3 Å². The Labute approximate surface area is 63.1 Å². The van der Waals surface area contributed by atoms with Crippen molar-refractivity contribution in [1.82, 2.24) is 5.43 Å². The molecule has 0 radical (unpaired) electrons. The summed E-state index contributed by atoms with van der Waals surface area (Å²) in [5, 5.41) is 0. The molecule has 0 aromatic rings. The van der Waals surface area contributed by atoms with E-state index in [9.17, 15) is 0 Å². The molecular weight excluding hydrogens is 124 g/mol. The molecule has 1 saturated carbocycles. The summed E-state index contributed by atoms with van der Waals surface area (Å²) in [7, 11) is 0. The van der Waals surface area contributed by atoms with Gasteiger partial charge >= 0.3 is 0 Å². The van der Waals surface area contributed by atoms with Crippen LogP contribution in [0.25, 0.3) is 0 Å². The third kappa shape index (κ3) is 1.18. The van der Waals surface area contributed by atoms with E-state index in [-0.39, 0.29) is 0 Å². The molecule has 0 bridgehead atoms. The summed E-state index contributed by atoms with van der Waals surface area (Å²) >= 11 is 0. The van der Waals surface area contributed by atoms with Gasteiger partial charge in [-0.3, -0.25) is 11.3 Å². The second kappa shape index (κ2) is 2.89. The van der Waals surface area contributed by atoms with Crippen molar-refractivity contribution >= 4 is 0 Å². The minimum Gasteiger partial charge on any atom is -0.271 e. The molecule has 1 rings (SSSR count). The second-order valence-electron chi connectivity index (χ2n) is 3.38. The lowest BCUT2D eigenvalue weighted by Crippen LogP contribution is -2.26. The number of hydrogen-bond acceptors (Lipinski definition) is 2. The first kappa shape index (κ1) is 8.02. The fraction of sp³-hybridized carbons (Fsp3) is 1.00. The predicted octanol–water partition coefficient (Wildman–Crippen LogP) is 1.28. The molecule has 1 fully saturated rings. The first-order valence-electron chi connectivity index (χ1n) is 4.22. The number of hydrazine groups is 1. The fourth-order valence-electron chi connectivity index (χ4n) is 1.98. The molecule has 0 amide bonds. The van der Waals surface area contributed by atoms with Gasteiger partial charge in [0.1, 0.15) is 0 Å². The van der Waals surface area contributed by atoms with Crippen molar-refractivity contribution in [2.45, 2.75) is 33.1 Å². The Bertz CT molecular complexity index is 108. The average Bonchev–Trinajstić information content (AvgIpc) is 2.65. The van der Waals surface area contributed by atoms with Crippen LogP contribution in [-0.2, 0) is 0 Å². The molecule has 0 aromatic heterocycles. The van der Waals surface area contributed by atoms with Crippen LogP contribution >= 0.6 is 0 Å². The van der Waals surface area contributed by atoms with Crippen LogP contribution in [0.3, 0.4) is 0 Å². The van der Waals surface area contributed by atoms with Crippen molar-refractivity contribution in [3.05, 3.63) is 0 Å². The molecule has 1 aliphatic carbocycles. The maximum Gasteiger partial charge on any atom is 0.0131 e. The van der Waals surface area contributed by atoms with E-state index in [1.54, 1.807) is 0 Å². The Kier molecular flexibility index (Phi) is 2.32. The van der Waals surface area contributed by atoms with Gasteiger partial charge in [-0.15, -0.1) is 0 Å². The lowest BCUT2D eigenvalue weighted by Gasteiger charge is -2.10. The zero-order chi connectivity index (χ0) is 7.61. The lowest BCUT2D eigenvalue weighted by molar-refractivity contribution is 0.411. The molecule has 2 nitrogen and oxygen atoms in total. The van der Waals surface area contributed by atoms with Crippen LogP contribution in [0.4, 0.5) is 0 Å². The van der Waals surface area contributed by atoms with E-state index in [1.807, 2.05) is 0 Å². The summed E-state index contributed by atoms with van der Waals surface area (Å²) < 4.78 is 0. The summed E-state index contributed by atoms with van der Waals surface area (Å²) in [5.74, 6) is 6.10. The quantitative estimate of drug-likeness (QED) is 0.458. The van der Waals surface area contributed by atoms with E-state index >= 15 is 0 Å². The summed E-state index contributed by atoms with van der Waals surface area (Å²) in [6.45, 7) is 5.56. The van der Waals surface area contributed by atoms with Gasteiger partial charge < -0.3 is 0 Å². The van der Waals surface area contributed by atoms with Crippen molar-refractivity contribution in [2.75, 3.05) is 6.54 Å². The largest absolute Gasteiger partial charge is 0.271 e. The van der Waals surface area contributed by atoms with E-state index in [1.165, 1.54) is 19.3 Å². The third-order valence-corrected chi connectivity index (χ3v) is 3.13. The molecule has 10 heavy (non-hydrogen) atoms. The van der Waals surface area contributed by atoms with Crippen LogP contribution in [0.1, 0.15) is 33.1 Å². The molecule has 60 valence electrons. The van der Waals surface area contributed by atoms with Crippen LogP contribution in [0.15, 0.2) is 0 Å². The van der Waals surface area contributed by atoms with Crippen molar-refractivity contribution in [1.29, 1.82) is 0 Å². The van der Waals surface area contributed by atoms with Crippen LogP contribution in [0.2, 0.25) is 0 Å². The minimum absolute atomic E-state index is 0.659. The van der Waals surface area contributed by atoms with Crippen molar-refractivity contribution in [3.63, 3.8) is 0 Å². The first-order valence-corrected chi connectivity index (χ1v) is 4.22. The van der Waals surface area contributed by atoms with E-state index in [4.69, 9.17) is 5.84 Å². The molecule has 2 heteroatoms. The van der Waals surface area contributed by atoms with Gasteiger partial charge in [0.05, 0.1) is 0 Å². The predicted molar refractivity (Wildman–Crippen MR) is 43.3 cm³/mol. The van der Waals surface area contributed by atoms with Crippen molar-refractivity contribution in [2.24, 2.45) is 17.2 Å². The molecular formula is C8H18N2. The van der Waals surface area contributed by atoms with Gasteiger partial charge in [0.2, 0.25) is 0 Å². The van der Waals surface area contributed by atoms with E-state index in [0.717, 1.165) is 12.5 Å². The summed E-state index contributed by atoms with van der Waals surface area (Å²) in [6.07, 6.45) is 4.01. The van der Waals surface area contributed by atoms with Gasteiger partial charge in [-0.1, -0.05) is 26.7 Å². The molecule has 0 spiro atoms. The van der Waals surface area contributed by atoms with Crippen molar-refractivity contribution in [3.8, 4) is 0 Å². The average molecular weight is 142 g/mol. The maximum absolute atomic E-state index is 5.25. The topological polar surface area (TPSA) is 38.0 Å². The normalized spacial score (nSPS) is 28.5. The Hall–Kier alpha value is -0.0800. The second-order valence-corrected chi connectivity index (χ2v) is 3.38. The summed E-state index contributed by atoms with van der Waals surface area (Å²) in [4.78, 5) is 0. The van der Waals surface area contributed by atoms with Gasteiger partial charge in [-0.2, -0.15) is 0 Å². The molecule has 1 atom stereocenters. The maximum atomic E-state index is 5.25. The molecule has 0 aromatic carbocycles. The third-order valence-electron chi connectivity index (χ3n) is 3.13. The number of nitrogens with two attached hydrogens (primary N) is 1. The number of nitrogens with one attached hydrogen (secondary N) is 1. The van der Waals surface area contributed by atoms with Crippen molar-refractivity contribution < 1.29 is 0 Å². The molecule has 3 N–H and O–H groups in total. The number of rotatable bonds is 4. The van der Waals surface area contributed by atoms with Gasteiger partial charge in [-0.25, -0.2) is 0 Å². The van der Waals surface area contributed by atoms with Gasteiger partial charge in [0.25, 0.3) is 0 Å². The monoisotopic (exact) mass is 142 g/mol. The Morgan fingerprint density at radius 3 is 2.40 bits per heavy atom. The number of hydrogen-bond donors (Lipinski definition) is 2. The van der Waals surface area contributed by atoms with Gasteiger partial charge in [-0.05, 0) is 17.8 Å². The van der Waals surface area contributed by atoms with E-state index in [0.29, 0.717) is 5.41 Å². The zero-order valence-electron chi connectivity index (χ0n) is 6.98. The summed E-state index contributed by atoms with van der Waals surface area (Å²) in [6, 6.07) is 0. The molecule has 0 saturated heterocycles. The van der Waals surface area contributed by atoms with Crippen LogP contribution in [-0.4, -0.2) is 6.54 Å². The van der Waals surface area contributed by atoms with Gasteiger partial charge in [0.15, 0.2) is 0 Å². The smallest absolute Gasteiger partial charge is 0.0131 e. The minimum atomic E-state index is 0.659. The standard InChI is InChI=1S/C8H18N2/c1-3-8(4-2)5-7(8)6-10-9/h7,10H,3-6,9H2,1-2H3. The molecule has 0 aliphatic heterocycles. The lowest BCUT2D eigenvalue weighted by atomic mass is 9.97. The van der Waals surface area contributed by atoms with Crippen LogP contribution < -0.4 is 11.3 Å². The Morgan fingerprint density at radius 2 is 2.10 bits per heavy atom. The van der Waals surface area contributed by atoms with Gasteiger partial charge in [0, 0.05) is 6.54 Å². The first-order chi connectivity index (χ1) is 4.79. The molecule has 1 aliphatic rings. The molecule has 1 unspecified atom stereocenters. The van der Waals surface area contributed by atoms with E-state index < -0.39 is 0 Å². The SMILES string of the molecule is CCC1(CC)CC1CNN. The Morgan fingerprint density at radius 1 is 1.50 bits per heavy atom. The van der Waals surface area contributed by atoms with E-state index in [2.05, 4.69) is 19.3 Å². The highest BCUT2D eigenvalue weighted by atomic mass is 15.2.